The lowest BCUT2D eigenvalue weighted by atomic mass is 9.77. The third-order valence-electron chi connectivity index (χ3n) is 10.1. The number of aliphatic carboxylic acids is 1. The van der Waals surface area contributed by atoms with Crippen LogP contribution in [-0.2, 0) is 44.3 Å². The summed E-state index contributed by atoms with van der Waals surface area (Å²) in [5.74, 6) is 2.66. The van der Waals surface area contributed by atoms with E-state index in [1.54, 1.807) is 26.4 Å². The summed E-state index contributed by atoms with van der Waals surface area (Å²) in [5.41, 5.74) is 4.10. The van der Waals surface area contributed by atoms with Gasteiger partial charge in [0.25, 0.3) is 0 Å². The van der Waals surface area contributed by atoms with E-state index in [2.05, 4.69) is 55.8 Å². The largest absolute Gasteiger partial charge is 0.774 e. The molecule has 0 saturated heterocycles. The van der Waals surface area contributed by atoms with Gasteiger partial charge in [0.15, 0.2) is 0 Å². The highest BCUT2D eigenvalue weighted by Gasteiger charge is 2.43. The van der Waals surface area contributed by atoms with E-state index in [1.807, 2.05) is 54.4 Å². The fourth-order valence-electron chi connectivity index (χ4n) is 7.07. The Morgan fingerprint density at radius 2 is 1.70 bits per heavy atom. The first-order valence-corrected chi connectivity index (χ1v) is 22.1. The Balaban J connectivity index is 1.64. The number of hydrogen-bond acceptors (Lipinski definition) is 11. The van der Waals surface area contributed by atoms with Gasteiger partial charge in [-0.2, -0.15) is 0 Å². The van der Waals surface area contributed by atoms with Crippen LogP contribution in [0.5, 0.6) is 0 Å². The van der Waals surface area contributed by atoms with E-state index >= 15 is 0 Å². The van der Waals surface area contributed by atoms with Gasteiger partial charge in [-0.05, 0) is 79.8 Å². The van der Waals surface area contributed by atoms with Gasteiger partial charge in [-0.25, -0.2) is 8.42 Å². The molecule has 3 atom stereocenters. The Labute approximate surface area is 338 Å². The van der Waals surface area contributed by atoms with Gasteiger partial charge in [0.2, 0.25) is 0 Å². The molecule has 2 heterocycles. The molecular formula is C43H56N2O10S2-2. The van der Waals surface area contributed by atoms with Gasteiger partial charge >= 0.3 is 5.97 Å². The number of allylic oxidation sites excluding steroid dienone is 12. The number of methoxy groups -OCH3 is 2. The van der Waals surface area contributed by atoms with Gasteiger partial charge in [0.05, 0.1) is 23.3 Å². The summed E-state index contributed by atoms with van der Waals surface area (Å²) >= 11 is 0. The number of carboxylic acids is 1. The minimum atomic E-state index is -4.47. The van der Waals surface area contributed by atoms with E-state index in [4.69, 9.17) is 14.2 Å². The number of nitrogens with zero attached hydrogens (tertiary/aromatic N) is 2. The van der Waals surface area contributed by atoms with E-state index in [0.717, 1.165) is 28.3 Å². The highest BCUT2D eigenvalue weighted by atomic mass is 32.2. The fourth-order valence-corrected chi connectivity index (χ4v) is 8.12. The summed E-state index contributed by atoms with van der Waals surface area (Å²) in [6, 6.07) is 4.65. The summed E-state index contributed by atoms with van der Waals surface area (Å²) in [6.45, 7) is 11.0. The molecule has 14 heteroatoms. The van der Waals surface area contributed by atoms with Gasteiger partial charge < -0.3 is 38.2 Å². The molecule has 4 rings (SSSR count). The van der Waals surface area contributed by atoms with Crippen LogP contribution in [0.1, 0.15) is 58.9 Å². The highest BCUT2D eigenvalue weighted by Crippen LogP contribution is 2.51. The SMILES string of the molecule is C=S(=O)([O-])c1ccc2c(c1)C(C)(CCCC(=O)O)/C(=C/C=C/C=C/C=C/C1=C3C=CC(N(CCOC)CCOC)=CC3OC(C(C)(C)C)=C1)N2CCCS(=O)(=O)[O-]. The summed E-state index contributed by atoms with van der Waals surface area (Å²) < 4.78 is 76.6. The Morgan fingerprint density at radius 3 is 2.32 bits per heavy atom. The topological polar surface area (TPSA) is 169 Å². The Bertz CT molecular complexity index is 2090. The zero-order valence-corrected chi connectivity index (χ0v) is 35.4. The molecule has 0 aromatic heterocycles. The molecular weight excluding hydrogens is 769 g/mol. The summed E-state index contributed by atoms with van der Waals surface area (Å²) in [4.78, 5) is 15.6. The molecule has 0 spiro atoms. The van der Waals surface area contributed by atoms with Crippen molar-refractivity contribution in [2.24, 2.45) is 5.41 Å². The molecule has 1 aliphatic carbocycles. The number of fused-ring (bicyclic) bond motifs is 2. The number of hydrogen-bond donors (Lipinski definition) is 1. The first kappa shape index (κ1) is 45.5. The quantitative estimate of drug-likeness (QED) is 0.0876. The average molecular weight is 825 g/mol. The van der Waals surface area contributed by atoms with Crippen LogP contribution in [-0.4, -0.2) is 103 Å². The van der Waals surface area contributed by atoms with Crippen molar-refractivity contribution < 1.29 is 45.8 Å². The summed E-state index contributed by atoms with van der Waals surface area (Å²) in [7, 11) is -4.90. The predicted molar refractivity (Wildman–Crippen MR) is 224 cm³/mol. The fraction of sp³-hybridized carbons (Fsp3) is 0.442. The summed E-state index contributed by atoms with van der Waals surface area (Å²) in [6.07, 6.45) is 22.1. The zero-order valence-electron chi connectivity index (χ0n) is 33.8. The Hall–Kier alpha value is -4.18. The van der Waals surface area contributed by atoms with E-state index in [9.17, 15) is 31.6 Å². The summed E-state index contributed by atoms with van der Waals surface area (Å²) in [5, 5.41) is 9.39. The number of rotatable bonds is 20. The van der Waals surface area contributed by atoms with Crippen molar-refractivity contribution in [3.05, 3.63) is 119 Å². The molecule has 0 radical (unpaired) electrons. The van der Waals surface area contributed by atoms with Crippen molar-refractivity contribution >= 4 is 37.4 Å². The van der Waals surface area contributed by atoms with E-state index in [-0.39, 0.29) is 35.8 Å². The minimum Gasteiger partial charge on any atom is -0.774 e. The average Bonchev–Trinajstić information content (AvgIpc) is 3.35. The van der Waals surface area contributed by atoms with E-state index < -0.39 is 37.1 Å². The third kappa shape index (κ3) is 12.4. The van der Waals surface area contributed by atoms with Crippen LogP contribution in [0.2, 0.25) is 0 Å². The van der Waals surface area contributed by atoms with Gasteiger partial charge in [-0.15, -0.1) is 0 Å². The third-order valence-corrected chi connectivity index (χ3v) is 11.8. The van der Waals surface area contributed by atoms with Crippen LogP contribution in [0.3, 0.4) is 0 Å². The van der Waals surface area contributed by atoms with Crippen molar-refractivity contribution in [3.8, 4) is 0 Å². The van der Waals surface area contributed by atoms with Gasteiger partial charge in [0, 0.05) is 84.4 Å². The molecule has 0 saturated carbocycles. The molecule has 3 unspecified atom stereocenters. The molecule has 1 N–H and O–H groups in total. The van der Waals surface area contributed by atoms with Crippen molar-refractivity contribution in [2.75, 3.05) is 57.7 Å². The molecule has 0 bridgehead atoms. The molecule has 57 heavy (non-hydrogen) atoms. The highest BCUT2D eigenvalue weighted by molar-refractivity contribution is 7.95. The number of anilines is 1. The number of ether oxygens (including phenoxy) is 3. The molecule has 12 nitrogen and oxygen atoms in total. The van der Waals surface area contributed by atoms with Crippen LogP contribution in [0.4, 0.5) is 5.69 Å². The smallest absolute Gasteiger partial charge is 0.303 e. The molecule has 2 aliphatic heterocycles. The van der Waals surface area contributed by atoms with Crippen LogP contribution >= 0.6 is 0 Å². The first-order valence-electron chi connectivity index (χ1n) is 18.9. The van der Waals surface area contributed by atoms with Gasteiger partial charge in [-0.3, -0.25) is 9.00 Å². The van der Waals surface area contributed by atoms with Crippen LogP contribution < -0.4 is 4.90 Å². The normalized spacial score (nSPS) is 21.6. The zero-order chi connectivity index (χ0) is 42.0. The molecule has 3 aliphatic rings. The minimum absolute atomic E-state index is 0.0157. The number of carbonyl (C=O) groups is 1. The van der Waals surface area contributed by atoms with Crippen LogP contribution in [0.15, 0.2) is 118 Å². The van der Waals surface area contributed by atoms with Crippen LogP contribution in [0.25, 0.3) is 0 Å². The lowest BCUT2D eigenvalue weighted by molar-refractivity contribution is -0.137. The van der Waals surface area contributed by atoms with Crippen molar-refractivity contribution in [2.45, 2.75) is 69.8 Å². The molecule has 1 aromatic rings. The Kier molecular flexibility index (Phi) is 15.6. The number of carboxylic acid groups (broad SMARTS) is 1. The second-order valence-corrected chi connectivity index (χ2v) is 18.7. The van der Waals surface area contributed by atoms with Crippen molar-refractivity contribution in [1.82, 2.24) is 4.90 Å². The van der Waals surface area contributed by atoms with E-state index in [1.165, 1.54) is 6.07 Å². The second kappa shape index (κ2) is 19.5. The number of benzene rings is 1. The van der Waals surface area contributed by atoms with Gasteiger partial charge in [-0.1, -0.05) is 79.0 Å². The molecule has 1 aromatic carbocycles. The monoisotopic (exact) mass is 824 g/mol. The predicted octanol–water partition coefficient (Wildman–Crippen LogP) is 6.39. The lowest BCUT2D eigenvalue weighted by Gasteiger charge is -2.35. The molecule has 0 amide bonds. The Morgan fingerprint density at radius 1 is 1.04 bits per heavy atom. The van der Waals surface area contributed by atoms with Crippen molar-refractivity contribution in [3.63, 3.8) is 0 Å². The van der Waals surface area contributed by atoms with Gasteiger partial charge in [0.1, 0.15) is 11.9 Å². The van der Waals surface area contributed by atoms with Crippen molar-refractivity contribution in [1.29, 1.82) is 0 Å². The second-order valence-electron chi connectivity index (χ2n) is 15.4. The maximum Gasteiger partial charge on any atom is 0.303 e. The first-order chi connectivity index (χ1) is 26.8. The van der Waals surface area contributed by atoms with Crippen LogP contribution in [0, 0.1) is 5.41 Å². The maximum absolute atomic E-state index is 12.5. The molecule has 0 fully saturated rings. The molecule has 312 valence electrons. The lowest BCUT2D eigenvalue weighted by Crippen LogP contribution is -2.33. The standard InChI is InChI=1S/C43H58N2O10S2/c1-42(2,3)40-29-32(35-20-18-33(30-38(35)55-40)44(24-26-53-5)25-27-54-6)15-11-9-8-10-12-16-39-43(4,22-13-17-41(46)47)36-31-34(56(7,48)49)19-21-37(36)45(39)23-14-28-57(50,51)52/h8-12,15-16,18-21,29-31,38H,7,13-14,17,22-28H2,1-6H3,(H,46,47)(H,48,49)(H,50,51,52)/p-2/b9-8+,12-10+,15-11+,39-16-. The maximum atomic E-state index is 12.5. The van der Waals surface area contributed by atoms with E-state index in [0.29, 0.717) is 50.4 Å².